The Bertz CT molecular complexity index is 162. The summed E-state index contributed by atoms with van der Waals surface area (Å²) in [5.41, 5.74) is 0. The van der Waals surface area contributed by atoms with Crippen LogP contribution in [0.4, 0.5) is 0 Å². The van der Waals surface area contributed by atoms with Crippen molar-refractivity contribution in [1.29, 1.82) is 0 Å². The van der Waals surface area contributed by atoms with Crippen molar-refractivity contribution >= 4 is 7.87 Å². The van der Waals surface area contributed by atoms with Gasteiger partial charge in [-0.1, -0.05) is 0 Å². The maximum absolute atomic E-state index is 2.55. The molecular formula is C10H28BrN4P. The molecule has 0 aromatic heterocycles. The van der Waals surface area contributed by atoms with Crippen molar-refractivity contribution < 1.29 is 17.0 Å². The highest BCUT2D eigenvalue weighted by atomic mass is 79.9. The van der Waals surface area contributed by atoms with E-state index in [1.807, 2.05) is 0 Å². The van der Waals surface area contributed by atoms with E-state index in [9.17, 15) is 0 Å². The van der Waals surface area contributed by atoms with E-state index in [1.165, 1.54) is 0 Å². The molecular weight excluding hydrogens is 287 g/mol. The van der Waals surface area contributed by atoms with Crippen molar-refractivity contribution in [3.05, 3.63) is 0 Å². The van der Waals surface area contributed by atoms with E-state index in [0.29, 0.717) is 0 Å². The van der Waals surface area contributed by atoms with Gasteiger partial charge in [0.25, 0.3) is 0 Å². The van der Waals surface area contributed by atoms with E-state index in [2.05, 4.69) is 74.8 Å². The van der Waals surface area contributed by atoms with Gasteiger partial charge in [0.2, 0.25) is 0 Å². The Hall–Kier alpha value is 0.750. The first-order valence-corrected chi connectivity index (χ1v) is 7.13. The summed E-state index contributed by atoms with van der Waals surface area (Å²) in [7, 11) is 11.5. The molecule has 16 heavy (non-hydrogen) atoms. The molecule has 0 rings (SSSR count). The molecule has 6 heteroatoms. The molecule has 0 unspecified atom stereocenters. The van der Waals surface area contributed by atoms with Crippen LogP contribution in [0.15, 0.2) is 0 Å². The fraction of sp³-hybridized carbons (Fsp3) is 1.00. The van der Waals surface area contributed by atoms with Gasteiger partial charge in [0.1, 0.15) is 0 Å². The summed E-state index contributed by atoms with van der Waals surface area (Å²) < 4.78 is 9.63. The average Bonchev–Trinajstić information content (AvgIpc) is 2.11. The van der Waals surface area contributed by atoms with Crippen molar-refractivity contribution in [3.8, 4) is 0 Å². The molecule has 0 aromatic rings. The van der Waals surface area contributed by atoms with E-state index in [4.69, 9.17) is 0 Å². The minimum atomic E-state index is -1.49. The predicted molar refractivity (Wildman–Crippen MR) is 70.9 cm³/mol. The molecule has 0 spiro atoms. The fourth-order valence-electron chi connectivity index (χ4n) is 2.44. The van der Waals surface area contributed by atoms with Crippen molar-refractivity contribution in [3.63, 3.8) is 0 Å². The van der Waals surface area contributed by atoms with Crippen LogP contribution in [0.5, 0.6) is 0 Å². The molecule has 0 atom stereocenters. The van der Waals surface area contributed by atoms with Gasteiger partial charge in [-0.15, -0.1) is 18.7 Å². The molecule has 0 aliphatic heterocycles. The Balaban J connectivity index is 0. The van der Waals surface area contributed by atoms with Gasteiger partial charge in [0.05, 0.1) is 0 Å². The highest BCUT2D eigenvalue weighted by molar-refractivity contribution is 7.66. The molecule has 0 aromatic carbocycles. The topological polar surface area (TPSA) is 13.0 Å². The molecule has 0 fully saturated rings. The first kappa shape index (κ1) is 19.1. The van der Waals surface area contributed by atoms with Crippen LogP contribution in [0.25, 0.3) is 0 Å². The first-order valence-electron chi connectivity index (χ1n) is 5.53. The Morgan fingerprint density at radius 3 is 1.00 bits per heavy atom. The standard InChI is InChI=1S/C10H28N4P.BrH/c1-9-14(10-2)15(11(3)4,12(5)6)13(7)8;/h9-10H2,1-8H3;1H/q+1;/p-1. The van der Waals surface area contributed by atoms with E-state index >= 15 is 0 Å². The van der Waals surface area contributed by atoms with Crippen molar-refractivity contribution in [1.82, 2.24) is 18.7 Å². The van der Waals surface area contributed by atoms with E-state index in [0.717, 1.165) is 13.1 Å². The predicted octanol–water partition coefficient (Wildman–Crippen LogP) is -1.31. The number of hydrogen-bond acceptors (Lipinski definition) is 4. The Morgan fingerprint density at radius 2 is 0.938 bits per heavy atom. The summed E-state index contributed by atoms with van der Waals surface area (Å²) >= 11 is 0. The van der Waals surface area contributed by atoms with Crippen LogP contribution in [-0.2, 0) is 0 Å². The third-order valence-electron chi connectivity index (χ3n) is 2.72. The van der Waals surface area contributed by atoms with Gasteiger partial charge < -0.3 is 17.0 Å². The zero-order chi connectivity index (χ0) is 12.2. The third-order valence-corrected chi connectivity index (χ3v) is 7.26. The zero-order valence-corrected chi connectivity index (χ0v) is 14.5. The first-order chi connectivity index (χ1) is 6.85. The summed E-state index contributed by atoms with van der Waals surface area (Å²) in [5, 5.41) is 0. The number of rotatable bonds is 6. The average molecular weight is 315 g/mol. The summed E-state index contributed by atoms with van der Waals surface area (Å²) in [5.74, 6) is 0. The molecule has 0 saturated heterocycles. The Kier molecular flexibility index (Phi) is 9.50. The lowest BCUT2D eigenvalue weighted by Gasteiger charge is -2.44. The molecule has 0 bridgehead atoms. The van der Waals surface area contributed by atoms with Crippen LogP contribution >= 0.6 is 7.87 Å². The molecule has 0 amide bonds. The Labute approximate surface area is 113 Å². The van der Waals surface area contributed by atoms with Crippen molar-refractivity contribution in [2.75, 3.05) is 55.4 Å². The van der Waals surface area contributed by atoms with Crippen LogP contribution in [0.3, 0.4) is 0 Å². The van der Waals surface area contributed by atoms with Crippen molar-refractivity contribution in [2.45, 2.75) is 13.8 Å². The number of nitrogens with zero attached hydrogens (tertiary/aromatic N) is 4. The van der Waals surface area contributed by atoms with Gasteiger partial charge in [0.15, 0.2) is 0 Å². The fourth-order valence-corrected chi connectivity index (χ4v) is 6.86. The Morgan fingerprint density at radius 1 is 0.688 bits per heavy atom. The van der Waals surface area contributed by atoms with Crippen LogP contribution in [0.1, 0.15) is 13.8 Å². The van der Waals surface area contributed by atoms with Gasteiger partial charge in [-0.3, -0.25) is 0 Å². The summed E-state index contributed by atoms with van der Waals surface area (Å²) in [4.78, 5) is 0. The SMILES string of the molecule is CCN(CC)[P+](N(C)C)(N(C)C)N(C)C.[Br-]. The smallest absolute Gasteiger partial charge is 0.306 e. The monoisotopic (exact) mass is 314 g/mol. The lowest BCUT2D eigenvalue weighted by Crippen LogP contribution is -3.00. The van der Waals surface area contributed by atoms with Gasteiger partial charge in [0, 0.05) is 55.4 Å². The summed E-state index contributed by atoms with van der Waals surface area (Å²) in [6.07, 6.45) is 0. The third kappa shape index (κ3) is 3.37. The molecule has 0 heterocycles. The van der Waals surface area contributed by atoms with Crippen molar-refractivity contribution in [2.24, 2.45) is 0 Å². The van der Waals surface area contributed by atoms with Gasteiger partial charge in [-0.2, -0.15) is 0 Å². The molecule has 0 radical (unpaired) electrons. The molecule has 0 saturated carbocycles. The zero-order valence-electron chi connectivity index (χ0n) is 12.0. The molecule has 4 nitrogen and oxygen atoms in total. The molecule has 0 aliphatic carbocycles. The van der Waals surface area contributed by atoms with E-state index in [-0.39, 0.29) is 17.0 Å². The van der Waals surface area contributed by atoms with Gasteiger partial charge >= 0.3 is 7.87 Å². The molecule has 0 N–H and O–H groups in total. The second kappa shape index (κ2) is 7.96. The lowest BCUT2D eigenvalue weighted by atomic mass is 10.7. The molecule has 100 valence electrons. The highest BCUT2D eigenvalue weighted by Gasteiger charge is 2.52. The minimum absolute atomic E-state index is 0. The lowest BCUT2D eigenvalue weighted by molar-refractivity contribution is -0.00000373. The van der Waals surface area contributed by atoms with Crippen LogP contribution < -0.4 is 17.0 Å². The maximum atomic E-state index is 2.55. The molecule has 0 aliphatic rings. The number of hydrogen-bond donors (Lipinski definition) is 0. The maximum Gasteiger partial charge on any atom is 0.306 e. The van der Waals surface area contributed by atoms with E-state index < -0.39 is 7.87 Å². The highest BCUT2D eigenvalue weighted by Crippen LogP contribution is 2.65. The van der Waals surface area contributed by atoms with Crippen LogP contribution in [-0.4, -0.2) is 74.1 Å². The second-order valence-electron chi connectivity index (χ2n) is 4.22. The van der Waals surface area contributed by atoms with Gasteiger partial charge in [-0.05, 0) is 13.8 Å². The quantitative estimate of drug-likeness (QED) is 0.565. The van der Waals surface area contributed by atoms with E-state index in [1.54, 1.807) is 0 Å². The van der Waals surface area contributed by atoms with Gasteiger partial charge in [-0.25, -0.2) is 0 Å². The van der Waals surface area contributed by atoms with Crippen LogP contribution in [0, 0.1) is 0 Å². The van der Waals surface area contributed by atoms with Crippen LogP contribution in [0.2, 0.25) is 0 Å². The normalized spacial score (nSPS) is 12.8. The largest absolute Gasteiger partial charge is 1.00 e. The number of halogens is 1. The minimum Gasteiger partial charge on any atom is -1.00 e. The second-order valence-corrected chi connectivity index (χ2v) is 8.26. The summed E-state index contributed by atoms with van der Waals surface area (Å²) in [6.45, 7) is 6.63. The summed E-state index contributed by atoms with van der Waals surface area (Å²) in [6, 6.07) is 0.